The third-order valence-electron chi connectivity index (χ3n) is 3.29. The third-order valence-corrected chi connectivity index (χ3v) is 3.81. The average Bonchev–Trinajstić information content (AvgIpc) is 3.02. The summed E-state index contributed by atoms with van der Waals surface area (Å²) in [6, 6.07) is 12.0. The van der Waals surface area contributed by atoms with Gasteiger partial charge in [0.05, 0.1) is 4.92 Å². The number of hydrogen-bond acceptors (Lipinski definition) is 6. The maximum absolute atomic E-state index is 10.8. The van der Waals surface area contributed by atoms with Crippen LogP contribution in [0.2, 0.25) is 0 Å². The van der Waals surface area contributed by atoms with Gasteiger partial charge in [0.15, 0.2) is 6.61 Å². The number of ether oxygens (including phenoxy) is 1. The van der Waals surface area contributed by atoms with Gasteiger partial charge in [-0.25, -0.2) is 0 Å². The number of aromatic nitrogens is 2. The summed E-state index contributed by atoms with van der Waals surface area (Å²) < 4.78 is 12.1. The van der Waals surface area contributed by atoms with Crippen molar-refractivity contribution in [3.63, 3.8) is 0 Å². The fourth-order valence-corrected chi connectivity index (χ4v) is 2.35. The van der Waals surface area contributed by atoms with Crippen molar-refractivity contribution in [2.24, 2.45) is 0 Å². The monoisotopic (exact) mass is 389 g/mol. The molecule has 1 heterocycles. The minimum absolute atomic E-state index is 0.0534. The number of rotatable bonds is 5. The van der Waals surface area contributed by atoms with Crippen LogP contribution in [0.5, 0.6) is 5.75 Å². The fourth-order valence-electron chi connectivity index (χ4n) is 2.09. The summed E-state index contributed by atoms with van der Waals surface area (Å²) in [4.78, 5) is 10.4. The molecule has 24 heavy (non-hydrogen) atoms. The molecule has 0 amide bonds. The lowest BCUT2D eigenvalue weighted by molar-refractivity contribution is -0.385. The first-order chi connectivity index (χ1) is 11.5. The van der Waals surface area contributed by atoms with Gasteiger partial charge in [-0.15, -0.1) is 10.2 Å². The summed E-state index contributed by atoms with van der Waals surface area (Å²) in [5.74, 6) is 1.23. The maximum Gasteiger partial charge on any atom is 0.272 e. The van der Waals surface area contributed by atoms with Gasteiger partial charge in [-0.3, -0.25) is 10.1 Å². The van der Waals surface area contributed by atoms with E-state index in [2.05, 4.69) is 26.1 Å². The zero-order valence-electron chi connectivity index (χ0n) is 12.6. The van der Waals surface area contributed by atoms with Crippen LogP contribution >= 0.6 is 15.9 Å². The summed E-state index contributed by atoms with van der Waals surface area (Å²) >= 11 is 3.36. The molecule has 0 radical (unpaired) electrons. The summed E-state index contributed by atoms with van der Waals surface area (Å²) in [5.41, 5.74) is 1.39. The maximum atomic E-state index is 10.8. The van der Waals surface area contributed by atoms with Crippen LogP contribution in [0.4, 0.5) is 5.69 Å². The quantitative estimate of drug-likeness (QED) is 0.477. The number of nitro benzene ring substituents is 1. The van der Waals surface area contributed by atoms with Crippen LogP contribution in [-0.2, 0) is 6.61 Å². The van der Waals surface area contributed by atoms with E-state index in [4.69, 9.17) is 9.15 Å². The zero-order valence-corrected chi connectivity index (χ0v) is 14.2. The molecule has 0 aliphatic carbocycles. The van der Waals surface area contributed by atoms with Crippen molar-refractivity contribution in [2.45, 2.75) is 13.5 Å². The molecule has 0 aliphatic rings. The van der Waals surface area contributed by atoms with Crippen LogP contribution in [0.3, 0.4) is 0 Å². The number of hydrogen-bond donors (Lipinski definition) is 0. The lowest BCUT2D eigenvalue weighted by atomic mass is 10.2. The minimum atomic E-state index is -0.429. The Kier molecular flexibility index (Phi) is 4.57. The first kappa shape index (κ1) is 16.1. The molecule has 1 aromatic heterocycles. The largest absolute Gasteiger partial charge is 0.484 e. The van der Waals surface area contributed by atoms with Gasteiger partial charge in [-0.2, -0.15) is 0 Å². The first-order valence-electron chi connectivity index (χ1n) is 6.99. The van der Waals surface area contributed by atoms with Crippen LogP contribution < -0.4 is 4.74 Å². The Hall–Kier alpha value is -2.74. The second-order valence-corrected chi connectivity index (χ2v) is 5.92. The molecule has 7 nitrogen and oxygen atoms in total. The van der Waals surface area contributed by atoms with Crippen molar-refractivity contribution in [3.8, 4) is 17.2 Å². The predicted molar refractivity (Wildman–Crippen MR) is 89.6 cm³/mol. The topological polar surface area (TPSA) is 91.3 Å². The van der Waals surface area contributed by atoms with Crippen molar-refractivity contribution in [3.05, 3.63) is 68.5 Å². The molecule has 0 aliphatic heterocycles. The van der Waals surface area contributed by atoms with E-state index in [9.17, 15) is 10.1 Å². The van der Waals surface area contributed by atoms with Gasteiger partial charge < -0.3 is 9.15 Å². The predicted octanol–water partition coefficient (Wildman–Crippen LogP) is 4.29. The van der Waals surface area contributed by atoms with Crippen molar-refractivity contribution in [2.75, 3.05) is 0 Å². The zero-order chi connectivity index (χ0) is 17.1. The Labute approximate surface area is 145 Å². The normalized spacial score (nSPS) is 10.6. The highest BCUT2D eigenvalue weighted by Crippen LogP contribution is 2.24. The molecule has 122 valence electrons. The van der Waals surface area contributed by atoms with E-state index in [1.54, 1.807) is 13.0 Å². The lowest BCUT2D eigenvalue weighted by Crippen LogP contribution is -1.97. The summed E-state index contributed by atoms with van der Waals surface area (Å²) in [6.45, 7) is 1.74. The van der Waals surface area contributed by atoms with Crippen molar-refractivity contribution < 1.29 is 14.1 Å². The smallest absolute Gasteiger partial charge is 0.272 e. The Balaban J connectivity index is 1.68. The molecule has 0 saturated heterocycles. The SMILES string of the molecule is Cc1cc(OCc2nnc(-c3ccc(Br)cc3)o2)ccc1[N+](=O)[O-]. The molecule has 2 aromatic carbocycles. The van der Waals surface area contributed by atoms with E-state index in [0.29, 0.717) is 23.1 Å². The van der Waals surface area contributed by atoms with E-state index in [-0.39, 0.29) is 12.3 Å². The number of aryl methyl sites for hydroxylation is 1. The number of nitrogens with zero attached hydrogens (tertiary/aromatic N) is 3. The molecule has 0 atom stereocenters. The molecular weight excluding hydrogens is 378 g/mol. The molecule has 0 bridgehead atoms. The van der Waals surface area contributed by atoms with E-state index in [1.807, 2.05) is 24.3 Å². The molecule has 0 spiro atoms. The number of benzene rings is 2. The van der Waals surface area contributed by atoms with Crippen molar-refractivity contribution >= 4 is 21.6 Å². The Morgan fingerprint density at radius 1 is 1.21 bits per heavy atom. The van der Waals surface area contributed by atoms with Gasteiger partial charge in [-0.1, -0.05) is 15.9 Å². The molecule has 3 aromatic rings. The molecule has 0 fully saturated rings. The van der Waals surface area contributed by atoms with E-state index < -0.39 is 4.92 Å². The van der Waals surface area contributed by atoms with Crippen LogP contribution in [0.25, 0.3) is 11.5 Å². The van der Waals surface area contributed by atoms with Gasteiger partial charge in [0, 0.05) is 21.7 Å². The van der Waals surface area contributed by atoms with E-state index >= 15 is 0 Å². The van der Waals surface area contributed by atoms with E-state index in [1.165, 1.54) is 12.1 Å². The summed E-state index contributed by atoms with van der Waals surface area (Å²) in [5, 5.41) is 18.7. The van der Waals surface area contributed by atoms with E-state index in [0.717, 1.165) is 10.0 Å². The highest BCUT2D eigenvalue weighted by atomic mass is 79.9. The van der Waals surface area contributed by atoms with Gasteiger partial charge in [0.25, 0.3) is 11.6 Å². The number of halogens is 1. The number of nitro groups is 1. The van der Waals surface area contributed by atoms with Crippen molar-refractivity contribution in [1.82, 2.24) is 10.2 Å². The molecule has 0 N–H and O–H groups in total. The second-order valence-electron chi connectivity index (χ2n) is 5.00. The lowest BCUT2D eigenvalue weighted by Gasteiger charge is -2.04. The Morgan fingerprint density at radius 3 is 2.62 bits per heavy atom. The standard InChI is InChI=1S/C16H12BrN3O4/c1-10-8-13(6-7-14(10)20(21)22)23-9-15-18-19-16(24-15)11-2-4-12(17)5-3-11/h2-8H,9H2,1H3. The van der Waals surface area contributed by atoms with Crippen LogP contribution in [-0.4, -0.2) is 15.1 Å². The van der Waals surface area contributed by atoms with Gasteiger partial charge >= 0.3 is 0 Å². The molecule has 0 unspecified atom stereocenters. The highest BCUT2D eigenvalue weighted by Gasteiger charge is 2.12. The fraction of sp³-hybridized carbons (Fsp3) is 0.125. The first-order valence-corrected chi connectivity index (χ1v) is 7.78. The highest BCUT2D eigenvalue weighted by molar-refractivity contribution is 9.10. The second kappa shape index (κ2) is 6.79. The van der Waals surface area contributed by atoms with Crippen LogP contribution in [0.15, 0.2) is 51.4 Å². The minimum Gasteiger partial charge on any atom is -0.484 e. The van der Waals surface area contributed by atoms with Gasteiger partial charge in [0.2, 0.25) is 5.89 Å². The molecule has 0 saturated carbocycles. The Morgan fingerprint density at radius 2 is 1.96 bits per heavy atom. The third kappa shape index (κ3) is 3.60. The van der Waals surface area contributed by atoms with Crippen LogP contribution in [0, 0.1) is 17.0 Å². The van der Waals surface area contributed by atoms with Crippen molar-refractivity contribution in [1.29, 1.82) is 0 Å². The molecule has 3 rings (SSSR count). The summed E-state index contributed by atoms with van der Waals surface area (Å²) in [6.07, 6.45) is 0. The van der Waals surface area contributed by atoms with Crippen LogP contribution in [0.1, 0.15) is 11.5 Å². The molecule has 8 heteroatoms. The Bertz CT molecular complexity index is 877. The summed E-state index contributed by atoms with van der Waals surface area (Å²) in [7, 11) is 0. The molecular formula is C16H12BrN3O4. The van der Waals surface area contributed by atoms with Gasteiger partial charge in [0.1, 0.15) is 5.75 Å². The van der Waals surface area contributed by atoms with Gasteiger partial charge in [-0.05, 0) is 43.3 Å². The average molecular weight is 390 g/mol.